The van der Waals surface area contributed by atoms with Crippen LogP contribution in [-0.4, -0.2) is 23.2 Å². The molecule has 1 unspecified atom stereocenters. The Kier molecular flexibility index (Phi) is 4.52. The van der Waals surface area contributed by atoms with Crippen LogP contribution >= 0.6 is 0 Å². The number of carbonyl (C=O) groups is 1. The lowest BCUT2D eigenvalue weighted by Crippen LogP contribution is -2.32. The van der Waals surface area contributed by atoms with Crippen LogP contribution in [0.3, 0.4) is 0 Å². The first-order valence-electron chi connectivity index (χ1n) is 8.21. The molecule has 0 bridgehead atoms. The Hall–Kier alpha value is -2.76. The minimum absolute atomic E-state index is 0.117. The van der Waals surface area contributed by atoms with Gasteiger partial charge < -0.3 is 9.84 Å². The second kappa shape index (κ2) is 6.52. The van der Waals surface area contributed by atoms with E-state index < -0.39 is 23.0 Å². The molecular weight excluding hydrogens is 340 g/mol. The third-order valence-corrected chi connectivity index (χ3v) is 5.02. The first-order chi connectivity index (χ1) is 12.3. The van der Waals surface area contributed by atoms with Crippen molar-refractivity contribution in [3.8, 4) is 5.88 Å². The fraction of sp³-hybridized carbons (Fsp3) is 0.300. The lowest BCUT2D eigenvalue weighted by atomic mass is 9.77. The average molecular weight is 359 g/mol. The molecule has 0 aliphatic heterocycles. The van der Waals surface area contributed by atoms with E-state index in [1.165, 1.54) is 19.4 Å². The quantitative estimate of drug-likeness (QED) is 0.889. The Morgan fingerprint density at radius 1 is 1.31 bits per heavy atom. The molecule has 0 saturated carbocycles. The predicted octanol–water partition coefficient (Wildman–Crippen LogP) is 4.19. The summed E-state index contributed by atoms with van der Waals surface area (Å²) >= 11 is 0. The number of hydrogen-bond donors (Lipinski definition) is 1. The Labute approximate surface area is 150 Å². The number of carboxylic acids is 1. The maximum absolute atomic E-state index is 14.3. The molecule has 1 aromatic heterocycles. The number of aliphatic carboxylic acids is 1. The molecule has 136 valence electrons. The number of methoxy groups -OCH3 is 1. The fourth-order valence-electron chi connectivity index (χ4n) is 3.55. The number of nitrogens with zero attached hydrogens (tertiary/aromatic N) is 1. The van der Waals surface area contributed by atoms with Crippen LogP contribution in [-0.2, 0) is 10.2 Å². The molecule has 0 saturated heterocycles. The molecule has 1 aromatic carbocycles. The van der Waals surface area contributed by atoms with E-state index in [2.05, 4.69) is 4.98 Å². The molecular formula is C20H19F2NO3. The van der Waals surface area contributed by atoms with Crippen molar-refractivity contribution in [2.45, 2.75) is 32.1 Å². The number of benzene rings is 1. The highest BCUT2D eigenvalue weighted by atomic mass is 19.1. The van der Waals surface area contributed by atoms with E-state index >= 15 is 0 Å². The first-order valence-corrected chi connectivity index (χ1v) is 8.21. The minimum atomic E-state index is -1.34. The van der Waals surface area contributed by atoms with Gasteiger partial charge in [-0.2, -0.15) is 0 Å². The maximum Gasteiger partial charge on any atom is 0.318 e. The second-order valence-electron chi connectivity index (χ2n) is 6.53. The standard InChI is InChI=1S/C20H19F2NO3/c1-11-4-5-15(12(2)17(11)22)20(19(24)25)7-6-13(9-20)14-8-16(21)18(26-3)23-10-14/h4-5,8-10H,6-7H2,1-3H3,(H,24,25). The molecule has 0 fully saturated rings. The number of aryl methyl sites for hydroxylation is 1. The molecule has 0 spiro atoms. The molecule has 3 rings (SSSR count). The van der Waals surface area contributed by atoms with Crippen LogP contribution in [0.1, 0.15) is 35.1 Å². The van der Waals surface area contributed by atoms with Gasteiger partial charge in [0.15, 0.2) is 5.82 Å². The van der Waals surface area contributed by atoms with Gasteiger partial charge in [-0.3, -0.25) is 4.79 Å². The summed E-state index contributed by atoms with van der Waals surface area (Å²) in [7, 11) is 1.32. The van der Waals surface area contributed by atoms with Gasteiger partial charge in [0.1, 0.15) is 11.2 Å². The third-order valence-electron chi connectivity index (χ3n) is 5.02. The zero-order valence-corrected chi connectivity index (χ0v) is 14.8. The lowest BCUT2D eigenvalue weighted by molar-refractivity contribution is -0.141. The fourth-order valence-corrected chi connectivity index (χ4v) is 3.55. The first kappa shape index (κ1) is 18.0. The van der Waals surface area contributed by atoms with Crippen molar-refractivity contribution in [1.29, 1.82) is 0 Å². The average Bonchev–Trinajstić information content (AvgIpc) is 3.06. The molecule has 2 aromatic rings. The van der Waals surface area contributed by atoms with E-state index in [-0.39, 0.29) is 12.3 Å². The van der Waals surface area contributed by atoms with Gasteiger partial charge in [0.2, 0.25) is 5.88 Å². The zero-order chi connectivity index (χ0) is 19.1. The van der Waals surface area contributed by atoms with Crippen molar-refractivity contribution in [1.82, 2.24) is 4.98 Å². The number of pyridine rings is 1. The van der Waals surface area contributed by atoms with Gasteiger partial charge in [-0.05, 0) is 60.6 Å². The summed E-state index contributed by atoms with van der Waals surface area (Å²) in [4.78, 5) is 16.0. The molecule has 26 heavy (non-hydrogen) atoms. The molecule has 1 atom stereocenters. The molecule has 1 heterocycles. The van der Waals surface area contributed by atoms with E-state index in [1.807, 2.05) is 0 Å². The van der Waals surface area contributed by atoms with Crippen molar-refractivity contribution >= 4 is 11.5 Å². The van der Waals surface area contributed by atoms with Crippen LogP contribution in [0.4, 0.5) is 8.78 Å². The highest BCUT2D eigenvalue weighted by molar-refractivity contribution is 5.90. The Morgan fingerprint density at radius 3 is 2.65 bits per heavy atom. The molecule has 6 heteroatoms. The number of ether oxygens (including phenoxy) is 1. The summed E-state index contributed by atoms with van der Waals surface area (Å²) in [5.74, 6) is -2.19. The topological polar surface area (TPSA) is 59.4 Å². The van der Waals surface area contributed by atoms with Crippen molar-refractivity contribution in [3.63, 3.8) is 0 Å². The number of rotatable bonds is 4. The number of halogens is 2. The van der Waals surface area contributed by atoms with Crippen LogP contribution in [0.2, 0.25) is 0 Å². The normalized spacial score (nSPS) is 19.3. The highest BCUT2D eigenvalue weighted by Gasteiger charge is 2.43. The van der Waals surface area contributed by atoms with Gasteiger partial charge in [0.05, 0.1) is 7.11 Å². The summed E-state index contributed by atoms with van der Waals surface area (Å²) in [5, 5.41) is 9.93. The van der Waals surface area contributed by atoms with Crippen LogP contribution in [0.5, 0.6) is 5.88 Å². The predicted molar refractivity (Wildman–Crippen MR) is 93.1 cm³/mol. The van der Waals surface area contributed by atoms with Gasteiger partial charge in [0, 0.05) is 6.20 Å². The third kappa shape index (κ3) is 2.75. The van der Waals surface area contributed by atoms with E-state index in [1.54, 1.807) is 32.1 Å². The van der Waals surface area contributed by atoms with Gasteiger partial charge in [0.25, 0.3) is 0 Å². The van der Waals surface area contributed by atoms with E-state index in [0.29, 0.717) is 34.2 Å². The van der Waals surface area contributed by atoms with E-state index in [9.17, 15) is 18.7 Å². The Morgan fingerprint density at radius 2 is 2.04 bits per heavy atom. The smallest absolute Gasteiger partial charge is 0.318 e. The van der Waals surface area contributed by atoms with E-state index in [0.717, 1.165) is 0 Å². The summed E-state index contributed by atoms with van der Waals surface area (Å²) in [6.07, 6.45) is 3.74. The van der Waals surface area contributed by atoms with Crippen molar-refractivity contribution in [2.24, 2.45) is 0 Å². The molecule has 1 aliphatic carbocycles. The Bertz CT molecular complexity index is 924. The molecule has 4 nitrogen and oxygen atoms in total. The van der Waals surface area contributed by atoms with Gasteiger partial charge >= 0.3 is 5.97 Å². The molecule has 1 N–H and O–H groups in total. The van der Waals surface area contributed by atoms with Crippen molar-refractivity contribution in [2.75, 3.05) is 7.11 Å². The van der Waals surface area contributed by atoms with Crippen LogP contribution in [0.25, 0.3) is 5.57 Å². The van der Waals surface area contributed by atoms with Gasteiger partial charge in [-0.25, -0.2) is 13.8 Å². The minimum Gasteiger partial charge on any atom is -0.480 e. The second-order valence-corrected chi connectivity index (χ2v) is 6.53. The van der Waals surface area contributed by atoms with Gasteiger partial charge in [-0.1, -0.05) is 18.2 Å². The van der Waals surface area contributed by atoms with Crippen molar-refractivity contribution in [3.05, 3.63) is 64.4 Å². The number of hydrogen-bond acceptors (Lipinski definition) is 3. The highest BCUT2D eigenvalue weighted by Crippen LogP contribution is 2.45. The van der Waals surface area contributed by atoms with Crippen LogP contribution in [0.15, 0.2) is 30.5 Å². The number of allylic oxidation sites excluding steroid dienone is 1. The van der Waals surface area contributed by atoms with E-state index in [4.69, 9.17) is 4.74 Å². The molecule has 0 radical (unpaired) electrons. The monoisotopic (exact) mass is 359 g/mol. The maximum atomic E-state index is 14.3. The molecule has 1 aliphatic rings. The summed E-state index contributed by atoms with van der Waals surface area (Å²) < 4.78 is 33.1. The summed E-state index contributed by atoms with van der Waals surface area (Å²) in [5.41, 5.74) is 1.03. The SMILES string of the molecule is COc1ncc(C2=CC(C(=O)O)(c3ccc(C)c(F)c3C)CC2)cc1F. The summed E-state index contributed by atoms with van der Waals surface area (Å²) in [6.45, 7) is 3.23. The van der Waals surface area contributed by atoms with Crippen LogP contribution in [0, 0.1) is 25.5 Å². The molecule has 0 amide bonds. The largest absolute Gasteiger partial charge is 0.480 e. The number of aromatic nitrogens is 1. The number of carboxylic acid groups (broad SMARTS) is 1. The lowest BCUT2D eigenvalue weighted by Gasteiger charge is -2.25. The van der Waals surface area contributed by atoms with Gasteiger partial charge in [-0.15, -0.1) is 0 Å². The summed E-state index contributed by atoms with van der Waals surface area (Å²) in [6, 6.07) is 4.52. The van der Waals surface area contributed by atoms with Crippen molar-refractivity contribution < 1.29 is 23.4 Å². The van der Waals surface area contributed by atoms with Crippen LogP contribution < -0.4 is 4.74 Å². The zero-order valence-electron chi connectivity index (χ0n) is 14.8. The Balaban J connectivity index is 2.12.